The van der Waals surface area contributed by atoms with Crippen LogP contribution in [-0.4, -0.2) is 53.7 Å². The van der Waals surface area contributed by atoms with Crippen molar-refractivity contribution in [2.45, 2.75) is 52.1 Å². The van der Waals surface area contributed by atoms with Crippen molar-refractivity contribution in [2.24, 2.45) is 10.8 Å². The van der Waals surface area contributed by atoms with E-state index >= 15 is 0 Å². The van der Waals surface area contributed by atoms with Crippen molar-refractivity contribution in [1.82, 2.24) is 14.3 Å². The fourth-order valence-corrected chi connectivity index (χ4v) is 7.81. The van der Waals surface area contributed by atoms with Crippen LogP contribution in [0.5, 0.6) is 0 Å². The van der Waals surface area contributed by atoms with Crippen LogP contribution in [0.4, 0.5) is 0 Å². The molecule has 2 aliphatic heterocycles. The molecule has 2 atom stereocenters. The first kappa shape index (κ1) is 19.5. The highest BCUT2D eigenvalue weighted by molar-refractivity contribution is 7.89. The van der Waals surface area contributed by atoms with Crippen LogP contribution in [-0.2, 0) is 20.3 Å². The summed E-state index contributed by atoms with van der Waals surface area (Å²) >= 11 is 0. The van der Waals surface area contributed by atoms with Crippen molar-refractivity contribution in [3.8, 4) is 0 Å². The van der Waals surface area contributed by atoms with Crippen LogP contribution >= 0.6 is 0 Å². The van der Waals surface area contributed by atoms with Crippen LogP contribution < -0.4 is 5.46 Å². The molecule has 1 saturated carbocycles. The number of hydrogen-bond donors (Lipinski definition) is 2. The molecule has 0 amide bonds. The third kappa shape index (κ3) is 2.60. The zero-order valence-corrected chi connectivity index (χ0v) is 18.1. The van der Waals surface area contributed by atoms with E-state index in [0.717, 1.165) is 34.9 Å². The topological polar surface area (TPSA) is 95.5 Å². The lowest BCUT2D eigenvalue weighted by molar-refractivity contribution is 0.0547. The van der Waals surface area contributed by atoms with E-state index in [1.54, 1.807) is 10.5 Å². The Kier molecular flexibility index (Phi) is 4.08. The number of H-pyrrole nitrogens is 1. The molecule has 5 rings (SSSR count). The Morgan fingerprint density at radius 1 is 1.38 bits per heavy atom. The molecule has 0 aromatic carbocycles. The number of aromatic amines is 1. The molecule has 4 heterocycles. The Morgan fingerprint density at radius 3 is 2.93 bits per heavy atom. The van der Waals surface area contributed by atoms with E-state index in [-0.39, 0.29) is 16.6 Å². The first-order valence-electron chi connectivity index (χ1n) is 10.4. The molecule has 2 spiro atoms. The first-order valence-corrected chi connectivity index (χ1v) is 12.0. The van der Waals surface area contributed by atoms with Crippen LogP contribution in [0, 0.1) is 10.8 Å². The standard InChI is InChI=1S/C20H28BN3O4S/c1-4-9-29(26,27)24-8-6-19(13-24)12-20(11-18(19,2)3)16-14-5-7-22-17(14)23-10-15(16)21(25)28-20/h5,7,10,25H,4,6,8-9,11-13H2,1-3H3,(H,22,23). The minimum atomic E-state index is -3.23. The Balaban J connectivity index is 1.58. The summed E-state index contributed by atoms with van der Waals surface area (Å²) in [5, 5.41) is 11.7. The lowest BCUT2D eigenvalue weighted by atomic mass is 9.67. The van der Waals surface area contributed by atoms with E-state index in [1.165, 1.54) is 0 Å². The Hall–Kier alpha value is -1.42. The van der Waals surface area contributed by atoms with Gasteiger partial charge in [0.25, 0.3) is 0 Å². The number of nitrogens with one attached hydrogen (secondary N) is 1. The summed E-state index contributed by atoms with van der Waals surface area (Å²) in [5.74, 6) is 0.197. The molecule has 3 aliphatic rings. The summed E-state index contributed by atoms with van der Waals surface area (Å²) in [7, 11) is -4.22. The molecule has 0 bridgehead atoms. The van der Waals surface area contributed by atoms with Crippen molar-refractivity contribution < 1.29 is 18.1 Å². The normalized spacial score (nSPS) is 31.5. The van der Waals surface area contributed by atoms with Crippen LogP contribution in [0.25, 0.3) is 11.0 Å². The van der Waals surface area contributed by atoms with Gasteiger partial charge in [-0.25, -0.2) is 17.7 Å². The predicted molar refractivity (Wildman–Crippen MR) is 112 cm³/mol. The maximum atomic E-state index is 12.7. The van der Waals surface area contributed by atoms with Crippen molar-refractivity contribution in [1.29, 1.82) is 0 Å². The minimum absolute atomic E-state index is 0.128. The second-order valence-corrected chi connectivity index (χ2v) is 11.8. The maximum absolute atomic E-state index is 12.7. The van der Waals surface area contributed by atoms with E-state index in [0.29, 0.717) is 25.9 Å². The summed E-state index contributed by atoms with van der Waals surface area (Å²) in [4.78, 5) is 7.58. The molecule has 2 unspecified atom stereocenters. The molecule has 2 fully saturated rings. The molecular formula is C20H28BN3O4S. The van der Waals surface area contributed by atoms with Crippen molar-refractivity contribution in [2.75, 3.05) is 18.8 Å². The van der Waals surface area contributed by atoms with Gasteiger partial charge in [0.05, 0.1) is 11.4 Å². The molecule has 0 radical (unpaired) electrons. The highest BCUT2D eigenvalue weighted by Gasteiger charge is 2.66. The van der Waals surface area contributed by atoms with E-state index in [4.69, 9.17) is 4.65 Å². The fourth-order valence-electron chi connectivity index (χ4n) is 6.22. The van der Waals surface area contributed by atoms with Gasteiger partial charge in [-0.05, 0) is 48.1 Å². The zero-order chi connectivity index (χ0) is 20.7. The van der Waals surface area contributed by atoms with Crippen LogP contribution in [0.2, 0.25) is 0 Å². The summed E-state index contributed by atoms with van der Waals surface area (Å²) < 4.78 is 33.4. The van der Waals surface area contributed by atoms with Crippen LogP contribution in [0.15, 0.2) is 18.5 Å². The first-order chi connectivity index (χ1) is 13.6. The van der Waals surface area contributed by atoms with Crippen molar-refractivity contribution in [3.05, 3.63) is 24.0 Å². The van der Waals surface area contributed by atoms with Gasteiger partial charge in [-0.2, -0.15) is 0 Å². The summed E-state index contributed by atoms with van der Waals surface area (Å²) in [6.07, 6.45) is 6.47. The van der Waals surface area contributed by atoms with E-state index in [1.807, 2.05) is 19.2 Å². The predicted octanol–water partition coefficient (Wildman–Crippen LogP) is 1.73. The third-order valence-corrected chi connectivity index (χ3v) is 9.66. The van der Waals surface area contributed by atoms with Crippen LogP contribution in [0.3, 0.4) is 0 Å². The smallest absolute Gasteiger partial charge is 0.423 e. The second kappa shape index (κ2) is 6.06. The minimum Gasteiger partial charge on any atom is -0.423 e. The van der Waals surface area contributed by atoms with Crippen molar-refractivity contribution >= 4 is 33.6 Å². The third-order valence-electron chi connectivity index (χ3n) is 7.64. The Labute approximate surface area is 172 Å². The van der Waals surface area contributed by atoms with Crippen molar-refractivity contribution in [3.63, 3.8) is 0 Å². The SMILES string of the molecule is CCCS(=O)(=O)N1CCC2(C1)CC1(CC2(C)C)OB(O)c2cnc3[nH]ccc3c21. The molecule has 2 N–H and O–H groups in total. The molecule has 29 heavy (non-hydrogen) atoms. The number of pyridine rings is 1. The molecule has 2 aromatic rings. The lowest BCUT2D eigenvalue weighted by Gasteiger charge is -2.37. The van der Waals surface area contributed by atoms with E-state index < -0.39 is 22.7 Å². The van der Waals surface area contributed by atoms with Gasteiger partial charge in [0.1, 0.15) is 5.65 Å². The molecule has 2 aromatic heterocycles. The fraction of sp³-hybridized carbons (Fsp3) is 0.650. The average Bonchev–Trinajstić information content (AvgIpc) is 3.35. The number of fused-ring (bicyclic) bond motifs is 4. The molecule has 1 saturated heterocycles. The molecule has 9 heteroatoms. The van der Waals surface area contributed by atoms with Crippen LogP contribution in [0.1, 0.15) is 52.0 Å². The molecule has 156 valence electrons. The summed E-state index contributed by atoms with van der Waals surface area (Å²) in [5.41, 5.74) is 1.62. The molecule has 1 aliphatic carbocycles. The second-order valence-electron chi connectivity index (χ2n) is 9.71. The number of rotatable bonds is 3. The number of sulfonamides is 1. The van der Waals surface area contributed by atoms with Gasteiger partial charge < -0.3 is 14.7 Å². The van der Waals surface area contributed by atoms with Gasteiger partial charge in [-0.1, -0.05) is 20.8 Å². The largest absolute Gasteiger partial charge is 0.493 e. The molecule has 7 nitrogen and oxygen atoms in total. The van der Waals surface area contributed by atoms with Gasteiger partial charge in [0.2, 0.25) is 10.0 Å². The maximum Gasteiger partial charge on any atom is 0.493 e. The van der Waals surface area contributed by atoms with Gasteiger partial charge in [-0.3, -0.25) is 0 Å². The number of hydrogen-bond acceptors (Lipinski definition) is 5. The average molecular weight is 417 g/mol. The summed E-state index contributed by atoms with van der Waals surface area (Å²) in [6, 6.07) is 2.00. The quantitative estimate of drug-likeness (QED) is 0.742. The number of nitrogens with zero attached hydrogens (tertiary/aromatic N) is 2. The molecular weight excluding hydrogens is 389 g/mol. The zero-order valence-electron chi connectivity index (χ0n) is 17.2. The number of aromatic nitrogens is 2. The Bertz CT molecular complexity index is 1080. The van der Waals surface area contributed by atoms with Gasteiger partial charge in [0, 0.05) is 36.3 Å². The monoisotopic (exact) mass is 417 g/mol. The van der Waals surface area contributed by atoms with E-state index in [2.05, 4.69) is 23.8 Å². The van der Waals surface area contributed by atoms with E-state index in [9.17, 15) is 13.4 Å². The lowest BCUT2D eigenvalue weighted by Crippen LogP contribution is -2.38. The van der Waals surface area contributed by atoms with Gasteiger partial charge >= 0.3 is 7.12 Å². The highest BCUT2D eigenvalue weighted by Crippen LogP contribution is 2.66. The van der Waals surface area contributed by atoms with Gasteiger partial charge in [-0.15, -0.1) is 0 Å². The van der Waals surface area contributed by atoms with Gasteiger partial charge in [0.15, 0.2) is 0 Å². The summed E-state index contributed by atoms with van der Waals surface area (Å²) in [6.45, 7) is 7.44. The highest BCUT2D eigenvalue weighted by atomic mass is 32.2. The Morgan fingerprint density at radius 2 is 2.17 bits per heavy atom.